The molecule has 0 spiro atoms. The van der Waals surface area contributed by atoms with Gasteiger partial charge in [-0.25, -0.2) is 0 Å². The van der Waals surface area contributed by atoms with Gasteiger partial charge in [0, 0.05) is 11.5 Å². The molecule has 0 radical (unpaired) electrons. The SMILES string of the molecule is CCOc1ccccc1C1[C@]2(C#N)C(=O)NC(=O)[C@]12C#N. The summed E-state index contributed by atoms with van der Waals surface area (Å²) in [5.74, 6) is -1.70. The summed E-state index contributed by atoms with van der Waals surface area (Å²) >= 11 is 0. The van der Waals surface area contributed by atoms with E-state index >= 15 is 0 Å². The van der Waals surface area contributed by atoms with Crippen molar-refractivity contribution in [2.45, 2.75) is 12.8 Å². The minimum Gasteiger partial charge on any atom is -0.494 e. The third-order valence-electron chi connectivity index (χ3n) is 4.23. The van der Waals surface area contributed by atoms with E-state index < -0.39 is 28.6 Å². The second kappa shape index (κ2) is 4.07. The predicted octanol–water partition coefficient (Wildman–Crippen LogP) is 0.859. The Kier molecular flexibility index (Phi) is 2.54. The van der Waals surface area contributed by atoms with Crippen molar-refractivity contribution < 1.29 is 14.3 Å². The van der Waals surface area contributed by atoms with E-state index in [0.29, 0.717) is 17.9 Å². The molecule has 0 bridgehead atoms. The Bertz CT molecular complexity index is 707. The summed E-state index contributed by atoms with van der Waals surface area (Å²) < 4.78 is 5.49. The van der Waals surface area contributed by atoms with Crippen LogP contribution in [0.5, 0.6) is 5.75 Å². The number of rotatable bonds is 3. The Hall–Kier alpha value is -2.86. The van der Waals surface area contributed by atoms with Crippen LogP contribution >= 0.6 is 0 Å². The summed E-state index contributed by atoms with van der Waals surface area (Å²) in [7, 11) is 0. The molecular formula is C15H11N3O3. The lowest BCUT2D eigenvalue weighted by Gasteiger charge is -2.12. The number of piperidine rings is 1. The van der Waals surface area contributed by atoms with Crippen molar-refractivity contribution in [3.63, 3.8) is 0 Å². The first-order valence-electron chi connectivity index (χ1n) is 6.50. The molecule has 1 aromatic rings. The Morgan fingerprint density at radius 3 is 2.29 bits per heavy atom. The number of nitrogens with zero attached hydrogens (tertiary/aromatic N) is 2. The maximum Gasteiger partial charge on any atom is 0.250 e. The largest absolute Gasteiger partial charge is 0.494 e. The molecule has 1 saturated carbocycles. The summed E-state index contributed by atoms with van der Waals surface area (Å²) in [5, 5.41) is 21.0. The topological polar surface area (TPSA) is 103 Å². The van der Waals surface area contributed by atoms with E-state index in [4.69, 9.17) is 4.74 Å². The number of hydrogen-bond acceptors (Lipinski definition) is 5. The first-order chi connectivity index (χ1) is 10.1. The zero-order valence-electron chi connectivity index (χ0n) is 11.2. The van der Waals surface area contributed by atoms with Gasteiger partial charge in [0.25, 0.3) is 0 Å². The molecule has 2 aliphatic rings. The van der Waals surface area contributed by atoms with Gasteiger partial charge in [0.15, 0.2) is 10.8 Å². The van der Waals surface area contributed by atoms with E-state index in [2.05, 4.69) is 5.32 Å². The van der Waals surface area contributed by atoms with Crippen LogP contribution < -0.4 is 10.1 Å². The van der Waals surface area contributed by atoms with Crippen molar-refractivity contribution >= 4 is 11.8 Å². The molecule has 1 saturated heterocycles. The van der Waals surface area contributed by atoms with E-state index in [-0.39, 0.29) is 0 Å². The van der Waals surface area contributed by atoms with Crippen LogP contribution in [0.4, 0.5) is 0 Å². The molecule has 1 heterocycles. The highest BCUT2D eigenvalue weighted by molar-refractivity contribution is 6.19. The number of ether oxygens (including phenoxy) is 1. The number of nitrogens with one attached hydrogen (secondary N) is 1. The average Bonchev–Trinajstić information content (AvgIpc) is 3.05. The van der Waals surface area contributed by atoms with Crippen LogP contribution in [0, 0.1) is 33.5 Å². The van der Waals surface area contributed by atoms with Gasteiger partial charge in [-0.15, -0.1) is 0 Å². The van der Waals surface area contributed by atoms with Crippen LogP contribution in [-0.2, 0) is 9.59 Å². The van der Waals surface area contributed by atoms with Crippen molar-refractivity contribution in [2.75, 3.05) is 6.61 Å². The van der Waals surface area contributed by atoms with Gasteiger partial charge in [-0.3, -0.25) is 14.9 Å². The molecule has 1 aliphatic heterocycles. The third-order valence-corrected chi connectivity index (χ3v) is 4.23. The van der Waals surface area contributed by atoms with Crippen molar-refractivity contribution in [3.05, 3.63) is 29.8 Å². The summed E-state index contributed by atoms with van der Waals surface area (Å²) in [6.45, 7) is 2.21. The number of carbonyl (C=O) groups is 2. The summed E-state index contributed by atoms with van der Waals surface area (Å²) in [6, 6.07) is 10.7. The quantitative estimate of drug-likeness (QED) is 0.827. The van der Waals surface area contributed by atoms with Crippen LogP contribution in [0.2, 0.25) is 0 Å². The average molecular weight is 281 g/mol. The maximum absolute atomic E-state index is 12.0. The molecule has 21 heavy (non-hydrogen) atoms. The lowest BCUT2D eigenvalue weighted by atomic mass is 9.98. The molecule has 0 aromatic heterocycles. The number of imide groups is 1. The van der Waals surface area contributed by atoms with Crippen LogP contribution in [-0.4, -0.2) is 18.4 Å². The number of amides is 2. The fourth-order valence-corrected chi connectivity index (χ4v) is 3.27. The highest BCUT2D eigenvalue weighted by atomic mass is 16.5. The van der Waals surface area contributed by atoms with Gasteiger partial charge in [0.05, 0.1) is 18.7 Å². The van der Waals surface area contributed by atoms with Crippen LogP contribution in [0.15, 0.2) is 24.3 Å². The molecule has 2 fully saturated rings. The highest BCUT2D eigenvalue weighted by Gasteiger charge is 2.91. The van der Waals surface area contributed by atoms with Gasteiger partial charge in [-0.1, -0.05) is 18.2 Å². The van der Waals surface area contributed by atoms with E-state index in [0.717, 1.165) is 0 Å². The van der Waals surface area contributed by atoms with Gasteiger partial charge >= 0.3 is 0 Å². The number of para-hydroxylation sites is 1. The van der Waals surface area contributed by atoms with E-state index in [1.807, 2.05) is 19.1 Å². The molecule has 1 aromatic carbocycles. The Morgan fingerprint density at radius 2 is 1.76 bits per heavy atom. The molecule has 1 unspecified atom stereocenters. The Balaban J connectivity index is 2.19. The van der Waals surface area contributed by atoms with E-state index in [1.54, 1.807) is 24.3 Å². The second-order valence-electron chi connectivity index (χ2n) is 5.03. The fraction of sp³-hybridized carbons (Fsp3) is 0.333. The van der Waals surface area contributed by atoms with Gasteiger partial charge in [-0.2, -0.15) is 10.5 Å². The zero-order chi connectivity index (χ0) is 15.3. The number of hydrogen-bond donors (Lipinski definition) is 1. The molecule has 2 amide bonds. The minimum absolute atomic E-state index is 0.406. The molecule has 104 valence electrons. The highest BCUT2D eigenvalue weighted by Crippen LogP contribution is 2.77. The Labute approximate surface area is 120 Å². The van der Waals surface area contributed by atoms with Crippen molar-refractivity contribution in [2.24, 2.45) is 10.8 Å². The first kappa shape index (κ1) is 13.1. The molecule has 3 rings (SSSR count). The standard InChI is InChI=1S/C15H11N3O3/c1-2-21-10-6-4-3-5-9(10)11-14(7-16)12(19)18-13(20)15(11,14)8-17/h3-6,11H,2H2,1H3,(H,18,19,20)/t11?,14-,15+. The summed E-state index contributed by atoms with van der Waals surface area (Å²) in [6.07, 6.45) is 0. The van der Waals surface area contributed by atoms with Gasteiger partial charge < -0.3 is 4.74 Å². The number of benzene rings is 1. The molecule has 1 N–H and O–H groups in total. The minimum atomic E-state index is -1.65. The number of carbonyl (C=O) groups excluding carboxylic acids is 2. The predicted molar refractivity (Wildman–Crippen MR) is 69.6 cm³/mol. The lowest BCUT2D eigenvalue weighted by molar-refractivity contribution is -0.128. The van der Waals surface area contributed by atoms with Gasteiger partial charge in [0.2, 0.25) is 11.8 Å². The van der Waals surface area contributed by atoms with E-state index in [1.165, 1.54) is 0 Å². The van der Waals surface area contributed by atoms with Crippen LogP contribution in [0.25, 0.3) is 0 Å². The monoisotopic (exact) mass is 281 g/mol. The molecular weight excluding hydrogens is 270 g/mol. The fourth-order valence-electron chi connectivity index (χ4n) is 3.27. The summed E-state index contributed by atoms with van der Waals surface area (Å²) in [4.78, 5) is 24.1. The second-order valence-corrected chi connectivity index (χ2v) is 5.03. The molecule has 6 nitrogen and oxygen atoms in total. The van der Waals surface area contributed by atoms with Crippen LogP contribution in [0.1, 0.15) is 18.4 Å². The summed E-state index contributed by atoms with van der Waals surface area (Å²) in [5.41, 5.74) is -2.75. The van der Waals surface area contributed by atoms with Crippen molar-refractivity contribution in [3.8, 4) is 17.9 Å². The number of fused-ring (bicyclic) bond motifs is 1. The normalized spacial score (nSPS) is 32.6. The third kappa shape index (κ3) is 1.25. The molecule has 6 heteroatoms. The molecule has 3 atom stereocenters. The van der Waals surface area contributed by atoms with Gasteiger partial charge in [0.1, 0.15) is 5.75 Å². The maximum atomic E-state index is 12.0. The number of nitriles is 2. The Morgan fingerprint density at radius 1 is 1.19 bits per heavy atom. The smallest absolute Gasteiger partial charge is 0.250 e. The van der Waals surface area contributed by atoms with Crippen molar-refractivity contribution in [1.82, 2.24) is 5.32 Å². The van der Waals surface area contributed by atoms with Gasteiger partial charge in [-0.05, 0) is 13.0 Å². The van der Waals surface area contributed by atoms with Crippen LogP contribution in [0.3, 0.4) is 0 Å². The van der Waals surface area contributed by atoms with E-state index in [9.17, 15) is 20.1 Å². The molecule has 1 aliphatic carbocycles. The lowest BCUT2D eigenvalue weighted by Crippen LogP contribution is -2.31. The van der Waals surface area contributed by atoms with Crippen molar-refractivity contribution in [1.29, 1.82) is 10.5 Å². The zero-order valence-corrected chi connectivity index (χ0v) is 11.2. The first-order valence-corrected chi connectivity index (χ1v) is 6.50.